The van der Waals surface area contributed by atoms with Gasteiger partial charge in [0.15, 0.2) is 5.13 Å². The Bertz CT molecular complexity index is 1450. The van der Waals surface area contributed by atoms with Gasteiger partial charge in [-0.05, 0) is 62.4 Å². The topological polar surface area (TPSA) is 74.7 Å². The molecule has 2 N–H and O–H groups in total. The molecule has 0 aliphatic carbocycles. The maximum absolute atomic E-state index is 13.5. The quantitative estimate of drug-likeness (QED) is 0.179. The van der Waals surface area contributed by atoms with Crippen molar-refractivity contribution in [1.29, 1.82) is 0 Å². The average molecular weight is 773 g/mol. The van der Waals surface area contributed by atoms with Gasteiger partial charge in [0.25, 0.3) is 5.91 Å². The van der Waals surface area contributed by atoms with Gasteiger partial charge in [-0.1, -0.05) is 130 Å². The van der Waals surface area contributed by atoms with Crippen molar-refractivity contribution < 1.29 is 27.8 Å². The summed E-state index contributed by atoms with van der Waals surface area (Å²) in [7, 11) is 0. The smallest absolute Gasteiger partial charge is 0.416 e. The van der Waals surface area contributed by atoms with E-state index in [2.05, 4.69) is 63.7 Å². The average Bonchev–Trinajstić information content (AvgIpc) is 3.49. The number of ether oxygens (including phenoxy) is 1. The van der Waals surface area contributed by atoms with Crippen molar-refractivity contribution in [3.63, 3.8) is 0 Å². The highest BCUT2D eigenvalue weighted by Crippen LogP contribution is 2.38. The van der Waals surface area contributed by atoms with Gasteiger partial charge in [-0.25, -0.2) is 4.98 Å². The van der Waals surface area contributed by atoms with Crippen molar-refractivity contribution in [1.82, 2.24) is 9.88 Å². The van der Waals surface area contributed by atoms with E-state index in [9.17, 15) is 23.1 Å². The van der Waals surface area contributed by atoms with Crippen LogP contribution in [0.1, 0.15) is 154 Å². The Morgan fingerprint density at radius 2 is 1.52 bits per heavy atom. The van der Waals surface area contributed by atoms with Crippen molar-refractivity contribution in [3.05, 3.63) is 51.5 Å². The van der Waals surface area contributed by atoms with E-state index in [-0.39, 0.29) is 33.7 Å². The van der Waals surface area contributed by atoms with E-state index in [1.807, 2.05) is 20.8 Å². The summed E-state index contributed by atoms with van der Waals surface area (Å²) in [5, 5.41) is 14.0. The monoisotopic (exact) mass is 771 g/mol. The Hall–Kier alpha value is -2.40. The molecule has 4 rings (SSSR count). The highest BCUT2D eigenvalue weighted by molar-refractivity contribution is 7.22. The number of aromatic hydroxyl groups is 1. The Balaban J connectivity index is 0.000000822. The van der Waals surface area contributed by atoms with Crippen LogP contribution in [-0.2, 0) is 23.9 Å². The summed E-state index contributed by atoms with van der Waals surface area (Å²) in [6.07, 6.45) is 6.64. The Morgan fingerprint density at radius 1 is 0.942 bits per heavy atom. The number of aromatic nitrogens is 1. The summed E-state index contributed by atoms with van der Waals surface area (Å²) in [4.78, 5) is 19.7. The summed E-state index contributed by atoms with van der Waals surface area (Å²) in [5.41, 5.74) is 0.686. The zero-order valence-electron chi connectivity index (χ0n) is 33.3. The van der Waals surface area contributed by atoms with Crippen molar-refractivity contribution in [2.75, 3.05) is 18.4 Å². The number of nitrogens with zero attached hydrogens (tertiary/aromatic N) is 2. The first-order chi connectivity index (χ1) is 24.5. The number of hydrogen-bond donors (Lipinski definition) is 2. The van der Waals surface area contributed by atoms with Crippen LogP contribution < -0.4 is 5.32 Å². The van der Waals surface area contributed by atoms with Crippen LogP contribution in [0, 0.1) is 5.92 Å². The molecule has 0 radical (unpaired) electrons. The fourth-order valence-electron chi connectivity index (χ4n) is 5.19. The summed E-state index contributed by atoms with van der Waals surface area (Å²) in [6, 6.07) is 5.19. The molecule has 2 atom stereocenters. The minimum atomic E-state index is -4.49. The third kappa shape index (κ3) is 17.2. The Morgan fingerprint density at radius 3 is 2.00 bits per heavy atom. The van der Waals surface area contributed by atoms with Crippen LogP contribution >= 0.6 is 22.9 Å². The summed E-state index contributed by atoms with van der Waals surface area (Å²) >= 11 is 7.26. The molecule has 52 heavy (non-hydrogen) atoms. The number of unbranched alkanes of at least 4 members (excludes halogenated alkanes) is 5. The number of phenolic OH excluding ortho intramolecular Hbond substituents is 1. The zero-order chi connectivity index (χ0) is 39.4. The standard InChI is InChI=1S/C27H31ClF3N3O3S.2C5H12.C4H10/c1-4-5-6-7-17-8-19(27(29,30)31)10-22-23(17)32-26(38-22)33-25(36)21-11-20(28)9-18(24(21)35)14-34-12-15(2)37-16(3)13-34;1-4-5(2)3;1-3-5-4-2;1-3-4-2/h8-11,15-16,35H,4-7,12-14H2,1-3H3,(H,32,33,36);5H,4H2,1-3H3;3-5H2,1-2H3;3-4H2,1-2H3. The largest absolute Gasteiger partial charge is 0.507 e. The number of alkyl halides is 3. The van der Waals surface area contributed by atoms with E-state index in [0.717, 1.165) is 48.6 Å². The lowest BCUT2D eigenvalue weighted by Gasteiger charge is -2.35. The molecule has 0 spiro atoms. The zero-order valence-corrected chi connectivity index (χ0v) is 34.9. The molecule has 11 heteroatoms. The molecule has 1 aliphatic rings. The number of carbonyl (C=O) groups is 1. The predicted octanol–water partition coefficient (Wildman–Crippen LogP) is 13.3. The maximum Gasteiger partial charge on any atom is 0.416 e. The van der Waals surface area contributed by atoms with Crippen LogP contribution in [0.4, 0.5) is 18.3 Å². The molecule has 1 aliphatic heterocycles. The summed E-state index contributed by atoms with van der Waals surface area (Å²) in [5.74, 6) is 0.0482. The van der Waals surface area contributed by atoms with Gasteiger partial charge in [-0.3, -0.25) is 15.0 Å². The summed E-state index contributed by atoms with van der Waals surface area (Å²) < 4.78 is 46.7. The van der Waals surface area contributed by atoms with Crippen LogP contribution in [-0.4, -0.2) is 46.2 Å². The van der Waals surface area contributed by atoms with E-state index in [1.54, 1.807) is 6.07 Å². The fraction of sp³-hybridized carbons (Fsp3) is 0.659. The van der Waals surface area contributed by atoms with Crippen molar-refractivity contribution in [3.8, 4) is 5.75 Å². The van der Waals surface area contributed by atoms with Gasteiger partial charge >= 0.3 is 6.18 Å². The van der Waals surface area contributed by atoms with Crippen LogP contribution in [0.5, 0.6) is 5.75 Å². The molecule has 1 amide bonds. The number of halogens is 4. The Labute approximate surface area is 320 Å². The van der Waals surface area contributed by atoms with Gasteiger partial charge in [-0.15, -0.1) is 0 Å². The predicted molar refractivity (Wildman–Crippen MR) is 215 cm³/mol. The lowest BCUT2D eigenvalue weighted by Crippen LogP contribution is -2.44. The van der Waals surface area contributed by atoms with Crippen LogP contribution in [0.25, 0.3) is 10.2 Å². The molecular formula is C41H65ClF3N3O3S. The first-order valence-electron chi connectivity index (χ1n) is 19.3. The molecule has 2 unspecified atom stereocenters. The van der Waals surface area contributed by atoms with Crippen molar-refractivity contribution in [2.24, 2.45) is 5.92 Å². The molecule has 0 bridgehead atoms. The molecule has 1 aromatic heterocycles. The normalized spacial score (nSPS) is 16.0. The number of amides is 1. The lowest BCUT2D eigenvalue weighted by molar-refractivity contribution is -0.137. The van der Waals surface area contributed by atoms with Gasteiger partial charge in [0.05, 0.1) is 33.6 Å². The van der Waals surface area contributed by atoms with Crippen molar-refractivity contribution >= 4 is 44.2 Å². The number of aryl methyl sites for hydroxylation is 1. The lowest BCUT2D eigenvalue weighted by atomic mass is 10.0. The highest BCUT2D eigenvalue weighted by Gasteiger charge is 2.32. The van der Waals surface area contributed by atoms with Crippen molar-refractivity contribution in [2.45, 2.75) is 158 Å². The molecule has 1 fully saturated rings. The second-order valence-electron chi connectivity index (χ2n) is 14.0. The number of carbonyl (C=O) groups excluding carboxylic acids is 1. The number of benzene rings is 2. The number of thiazole rings is 1. The number of rotatable bonds is 12. The van der Waals surface area contributed by atoms with E-state index in [0.29, 0.717) is 47.4 Å². The van der Waals surface area contributed by atoms with Gasteiger partial charge in [0.2, 0.25) is 0 Å². The Kier molecular flexibility index (Phi) is 22.7. The van der Waals surface area contributed by atoms with E-state index >= 15 is 0 Å². The minimum Gasteiger partial charge on any atom is -0.507 e. The fourth-order valence-corrected chi connectivity index (χ4v) is 6.38. The molecule has 3 aromatic rings. The van der Waals surface area contributed by atoms with E-state index < -0.39 is 17.6 Å². The van der Waals surface area contributed by atoms with Gasteiger partial charge in [0.1, 0.15) is 5.75 Å². The highest BCUT2D eigenvalue weighted by atomic mass is 35.5. The first-order valence-corrected chi connectivity index (χ1v) is 20.4. The maximum atomic E-state index is 13.5. The molecule has 2 heterocycles. The summed E-state index contributed by atoms with van der Waals surface area (Å²) in [6.45, 7) is 23.1. The van der Waals surface area contributed by atoms with E-state index in [4.69, 9.17) is 16.3 Å². The molecule has 0 saturated carbocycles. The number of nitrogens with one attached hydrogen (secondary N) is 1. The second-order valence-corrected chi connectivity index (χ2v) is 15.4. The second kappa shape index (κ2) is 24.8. The first kappa shape index (κ1) is 47.6. The molecule has 6 nitrogen and oxygen atoms in total. The van der Waals surface area contributed by atoms with Gasteiger partial charge in [-0.2, -0.15) is 13.2 Å². The van der Waals surface area contributed by atoms with Gasteiger partial charge < -0.3 is 9.84 Å². The third-order valence-corrected chi connectivity index (χ3v) is 9.62. The van der Waals surface area contributed by atoms with E-state index in [1.165, 1.54) is 44.6 Å². The number of fused-ring (bicyclic) bond motifs is 1. The number of morpholine rings is 1. The molecule has 2 aromatic carbocycles. The van der Waals surface area contributed by atoms with Crippen LogP contribution in [0.2, 0.25) is 5.02 Å². The van der Waals surface area contributed by atoms with Crippen LogP contribution in [0.15, 0.2) is 24.3 Å². The van der Waals surface area contributed by atoms with Crippen LogP contribution in [0.3, 0.4) is 0 Å². The molecule has 296 valence electrons. The third-order valence-electron chi connectivity index (χ3n) is 8.48. The number of phenols is 1. The molecule has 1 saturated heterocycles. The number of hydrogen-bond acceptors (Lipinski definition) is 6. The minimum absolute atomic E-state index is 0.0275. The number of anilines is 1. The SMILES string of the molecule is CCC(C)C.CCCC.CCCCC.CCCCCc1cc(C(F)(F)F)cc2sc(NC(=O)c3cc(Cl)cc(CN4CC(C)OC(C)C4)c3O)nc12. The van der Waals surface area contributed by atoms with Gasteiger partial charge in [0, 0.05) is 30.2 Å². The molecular weight excluding hydrogens is 707 g/mol.